The molecule has 1 N–H and O–H groups in total. The van der Waals surface area contributed by atoms with Gasteiger partial charge in [0.05, 0.1) is 5.92 Å². The Labute approximate surface area is 85.2 Å². The van der Waals surface area contributed by atoms with Crippen LogP contribution in [0.5, 0.6) is 0 Å². The Kier molecular flexibility index (Phi) is 2.30. The van der Waals surface area contributed by atoms with Crippen molar-refractivity contribution in [1.29, 1.82) is 0 Å². The lowest BCUT2D eigenvalue weighted by Gasteiger charge is -2.39. The second-order valence-corrected chi connectivity index (χ2v) is 5.39. The summed E-state index contributed by atoms with van der Waals surface area (Å²) in [5.41, 5.74) is -0.339. The summed E-state index contributed by atoms with van der Waals surface area (Å²) in [5, 5.41) is 3.40. The van der Waals surface area contributed by atoms with Crippen LogP contribution in [0.25, 0.3) is 0 Å². The number of rotatable bonds is 1. The highest BCUT2D eigenvalue weighted by molar-refractivity contribution is 5.74. The molecule has 3 heteroatoms. The number of esters is 1. The highest BCUT2D eigenvalue weighted by atomic mass is 16.6. The average Bonchev–Trinajstić information content (AvgIpc) is 2.28. The summed E-state index contributed by atoms with van der Waals surface area (Å²) in [5.74, 6) is 0.710. The van der Waals surface area contributed by atoms with Gasteiger partial charge in [0.2, 0.25) is 0 Å². The van der Waals surface area contributed by atoms with Crippen LogP contribution in [0.4, 0.5) is 0 Å². The first-order valence-corrected chi connectivity index (χ1v) is 5.43. The number of hydrogen-bond donors (Lipinski definition) is 1. The SMILES string of the molecule is CC(C)(C)OC(=O)C1CC2NCCC21. The van der Waals surface area contributed by atoms with E-state index >= 15 is 0 Å². The van der Waals surface area contributed by atoms with Crippen LogP contribution in [-0.4, -0.2) is 24.2 Å². The second kappa shape index (κ2) is 3.23. The number of hydrogen-bond acceptors (Lipinski definition) is 3. The van der Waals surface area contributed by atoms with E-state index in [1.54, 1.807) is 0 Å². The third-order valence-electron chi connectivity index (χ3n) is 3.14. The van der Waals surface area contributed by atoms with Gasteiger partial charge in [-0.05, 0) is 46.1 Å². The Bertz CT molecular complexity index is 244. The van der Waals surface area contributed by atoms with Gasteiger partial charge in [-0.1, -0.05) is 0 Å². The van der Waals surface area contributed by atoms with Gasteiger partial charge < -0.3 is 10.1 Å². The molecule has 0 aromatic heterocycles. The molecule has 1 aliphatic carbocycles. The van der Waals surface area contributed by atoms with Gasteiger partial charge in [-0.15, -0.1) is 0 Å². The van der Waals surface area contributed by atoms with Crippen LogP contribution in [0.3, 0.4) is 0 Å². The number of carbonyl (C=O) groups is 1. The first kappa shape index (κ1) is 9.97. The second-order valence-electron chi connectivity index (χ2n) is 5.39. The molecule has 1 aliphatic heterocycles. The van der Waals surface area contributed by atoms with Crippen LogP contribution in [0.1, 0.15) is 33.6 Å². The van der Waals surface area contributed by atoms with E-state index in [0.717, 1.165) is 19.4 Å². The minimum Gasteiger partial charge on any atom is -0.460 e. The number of ether oxygens (including phenoxy) is 1. The number of carbonyl (C=O) groups excluding carboxylic acids is 1. The zero-order valence-electron chi connectivity index (χ0n) is 9.17. The van der Waals surface area contributed by atoms with Gasteiger partial charge in [0, 0.05) is 6.04 Å². The van der Waals surface area contributed by atoms with Crippen LogP contribution in [0.2, 0.25) is 0 Å². The van der Waals surface area contributed by atoms with Crippen molar-refractivity contribution in [3.05, 3.63) is 0 Å². The lowest BCUT2D eigenvalue weighted by atomic mass is 9.70. The van der Waals surface area contributed by atoms with Gasteiger partial charge >= 0.3 is 5.97 Å². The molecule has 2 rings (SSSR count). The van der Waals surface area contributed by atoms with E-state index in [1.807, 2.05) is 20.8 Å². The molecule has 80 valence electrons. The lowest BCUT2D eigenvalue weighted by molar-refractivity contribution is -0.166. The molecule has 0 radical (unpaired) electrons. The Balaban J connectivity index is 1.88. The van der Waals surface area contributed by atoms with Gasteiger partial charge in [0.1, 0.15) is 5.60 Å². The van der Waals surface area contributed by atoms with Crippen molar-refractivity contribution in [2.45, 2.75) is 45.3 Å². The molecular formula is C11H19NO2. The first-order chi connectivity index (χ1) is 6.47. The molecule has 0 aromatic rings. The molecule has 0 bridgehead atoms. The van der Waals surface area contributed by atoms with E-state index in [0.29, 0.717) is 12.0 Å². The normalized spacial score (nSPS) is 36.1. The van der Waals surface area contributed by atoms with E-state index in [2.05, 4.69) is 5.32 Å². The highest BCUT2D eigenvalue weighted by Gasteiger charge is 2.48. The molecule has 0 spiro atoms. The monoisotopic (exact) mass is 197 g/mol. The van der Waals surface area contributed by atoms with Crippen molar-refractivity contribution in [3.8, 4) is 0 Å². The number of nitrogens with one attached hydrogen (secondary N) is 1. The highest BCUT2D eigenvalue weighted by Crippen LogP contribution is 2.41. The van der Waals surface area contributed by atoms with E-state index in [-0.39, 0.29) is 17.5 Å². The summed E-state index contributed by atoms with van der Waals surface area (Å²) in [4.78, 5) is 11.7. The van der Waals surface area contributed by atoms with Crippen LogP contribution in [0.15, 0.2) is 0 Å². The third kappa shape index (κ3) is 1.78. The van der Waals surface area contributed by atoms with E-state index in [1.165, 1.54) is 0 Å². The average molecular weight is 197 g/mol. The predicted octanol–water partition coefficient (Wildman–Crippen LogP) is 1.33. The predicted molar refractivity (Wildman–Crippen MR) is 53.8 cm³/mol. The summed E-state index contributed by atoms with van der Waals surface area (Å²) in [6.07, 6.45) is 2.11. The van der Waals surface area contributed by atoms with Crippen LogP contribution in [0, 0.1) is 11.8 Å². The summed E-state index contributed by atoms with van der Waals surface area (Å²) >= 11 is 0. The standard InChI is InChI=1S/C11H19NO2/c1-11(2,3)14-10(13)8-6-9-7(8)4-5-12-9/h7-9,12H,4-6H2,1-3H3. The minimum atomic E-state index is -0.339. The Morgan fingerprint density at radius 3 is 2.71 bits per heavy atom. The molecule has 2 aliphatic rings. The van der Waals surface area contributed by atoms with E-state index < -0.39 is 0 Å². The van der Waals surface area contributed by atoms with E-state index in [9.17, 15) is 4.79 Å². The van der Waals surface area contributed by atoms with E-state index in [4.69, 9.17) is 4.74 Å². The van der Waals surface area contributed by atoms with Crippen LogP contribution in [-0.2, 0) is 9.53 Å². The van der Waals surface area contributed by atoms with Crippen molar-refractivity contribution in [2.75, 3.05) is 6.54 Å². The van der Waals surface area contributed by atoms with Gasteiger partial charge in [0.25, 0.3) is 0 Å². The molecule has 1 heterocycles. The van der Waals surface area contributed by atoms with Crippen LogP contribution < -0.4 is 5.32 Å². The molecule has 0 amide bonds. The fourth-order valence-electron chi connectivity index (χ4n) is 2.43. The van der Waals surface area contributed by atoms with Crippen molar-refractivity contribution < 1.29 is 9.53 Å². The topological polar surface area (TPSA) is 38.3 Å². The maximum Gasteiger partial charge on any atom is 0.309 e. The molecule has 14 heavy (non-hydrogen) atoms. The largest absolute Gasteiger partial charge is 0.460 e. The Morgan fingerprint density at radius 2 is 2.14 bits per heavy atom. The molecule has 3 unspecified atom stereocenters. The zero-order valence-corrected chi connectivity index (χ0v) is 9.17. The fourth-order valence-corrected chi connectivity index (χ4v) is 2.43. The summed E-state index contributed by atoms with van der Waals surface area (Å²) in [7, 11) is 0. The maximum atomic E-state index is 11.7. The van der Waals surface area contributed by atoms with Crippen molar-refractivity contribution >= 4 is 5.97 Å². The molecule has 1 saturated carbocycles. The van der Waals surface area contributed by atoms with Gasteiger partial charge in [-0.25, -0.2) is 0 Å². The Hall–Kier alpha value is -0.570. The van der Waals surface area contributed by atoms with Crippen molar-refractivity contribution in [2.24, 2.45) is 11.8 Å². The zero-order chi connectivity index (χ0) is 10.3. The molecule has 1 saturated heterocycles. The quantitative estimate of drug-likeness (QED) is 0.644. The molecular weight excluding hydrogens is 178 g/mol. The van der Waals surface area contributed by atoms with Gasteiger partial charge in [-0.3, -0.25) is 4.79 Å². The summed E-state index contributed by atoms with van der Waals surface area (Å²) in [6.45, 7) is 6.84. The molecule has 2 fully saturated rings. The van der Waals surface area contributed by atoms with Crippen molar-refractivity contribution in [1.82, 2.24) is 5.32 Å². The van der Waals surface area contributed by atoms with Gasteiger partial charge in [-0.2, -0.15) is 0 Å². The molecule has 3 atom stereocenters. The fraction of sp³-hybridized carbons (Fsp3) is 0.909. The smallest absolute Gasteiger partial charge is 0.309 e. The molecule has 3 nitrogen and oxygen atoms in total. The first-order valence-electron chi connectivity index (χ1n) is 5.43. The summed E-state index contributed by atoms with van der Waals surface area (Å²) < 4.78 is 5.38. The third-order valence-corrected chi connectivity index (χ3v) is 3.14. The van der Waals surface area contributed by atoms with Crippen LogP contribution >= 0.6 is 0 Å². The van der Waals surface area contributed by atoms with Crippen molar-refractivity contribution in [3.63, 3.8) is 0 Å². The molecule has 0 aromatic carbocycles. The maximum absolute atomic E-state index is 11.7. The minimum absolute atomic E-state index is 0.00227. The van der Waals surface area contributed by atoms with Gasteiger partial charge in [0.15, 0.2) is 0 Å². The summed E-state index contributed by atoms with van der Waals surface area (Å²) in [6, 6.07) is 0.590. The Morgan fingerprint density at radius 1 is 1.43 bits per heavy atom. The number of fused-ring (bicyclic) bond motifs is 1. The lowest BCUT2D eigenvalue weighted by Crippen LogP contribution is -2.48.